The van der Waals surface area contributed by atoms with Gasteiger partial charge < -0.3 is 19.9 Å². The molecular weight excluding hydrogens is 579 g/mol. The molecule has 1 saturated heterocycles. The van der Waals surface area contributed by atoms with Crippen molar-refractivity contribution in [1.29, 1.82) is 0 Å². The maximum absolute atomic E-state index is 13.5. The summed E-state index contributed by atoms with van der Waals surface area (Å²) in [7, 11) is -0.918. The van der Waals surface area contributed by atoms with Gasteiger partial charge in [0.15, 0.2) is 0 Å². The Bertz CT molecular complexity index is 1760. The fourth-order valence-corrected chi connectivity index (χ4v) is 6.03. The van der Waals surface area contributed by atoms with Crippen LogP contribution in [0.1, 0.15) is 12.0 Å². The molecule has 42 heavy (non-hydrogen) atoms. The third kappa shape index (κ3) is 6.55. The second kappa shape index (κ2) is 11.8. The lowest BCUT2D eigenvalue weighted by atomic mass is 9.89. The van der Waals surface area contributed by atoms with Crippen LogP contribution >= 0.6 is 0 Å². The maximum Gasteiger partial charge on any atom is 0.490 e. The Hall–Kier alpha value is -4.43. The lowest BCUT2D eigenvalue weighted by molar-refractivity contribution is -0.192. The molecule has 0 aliphatic carbocycles. The molecule has 5 rings (SSSR count). The van der Waals surface area contributed by atoms with Crippen LogP contribution in [-0.2, 0) is 26.0 Å². The fraction of sp³-hybridized carbons (Fsp3) is 0.250. The Balaban J connectivity index is 0.000000517. The number of carbonyl (C=O) groups is 2. The maximum atomic E-state index is 13.5. The summed E-state index contributed by atoms with van der Waals surface area (Å²) < 4.78 is 72.4. The Morgan fingerprint density at radius 3 is 2.36 bits per heavy atom. The number of sulfonamides is 1. The molecule has 1 aliphatic heterocycles. The van der Waals surface area contributed by atoms with Gasteiger partial charge in [0.25, 0.3) is 0 Å². The molecule has 0 bridgehead atoms. The molecule has 1 atom stereocenters. The fourth-order valence-electron chi connectivity index (χ4n) is 4.60. The van der Waals surface area contributed by atoms with Crippen LogP contribution in [0.5, 0.6) is 11.5 Å². The summed E-state index contributed by atoms with van der Waals surface area (Å²) in [6, 6.07) is 16.0. The van der Waals surface area contributed by atoms with Gasteiger partial charge in [0.05, 0.1) is 19.1 Å². The van der Waals surface area contributed by atoms with E-state index < -0.39 is 27.7 Å². The van der Waals surface area contributed by atoms with E-state index in [1.807, 2.05) is 30.3 Å². The number of rotatable bonds is 7. The predicted molar refractivity (Wildman–Crippen MR) is 147 cm³/mol. The monoisotopic (exact) mass is 605 g/mol. The van der Waals surface area contributed by atoms with Gasteiger partial charge in [-0.1, -0.05) is 12.1 Å². The van der Waals surface area contributed by atoms with E-state index in [9.17, 15) is 26.4 Å². The number of nitrogens with one attached hydrogen (secondary N) is 2. The molecule has 222 valence electrons. The number of aliphatic carboxylic acids is 1. The molecule has 0 spiro atoms. The Kier molecular flexibility index (Phi) is 8.59. The van der Waals surface area contributed by atoms with Crippen LogP contribution in [0, 0.1) is 0 Å². The first-order chi connectivity index (χ1) is 19.8. The van der Waals surface area contributed by atoms with Crippen LogP contribution in [0.15, 0.2) is 71.9 Å². The van der Waals surface area contributed by atoms with E-state index in [1.165, 1.54) is 0 Å². The first-order valence-corrected chi connectivity index (χ1v) is 13.9. The average molecular weight is 606 g/mol. The summed E-state index contributed by atoms with van der Waals surface area (Å²) in [5.41, 5.74) is -0.637. The number of carboxylic acids is 1. The number of ether oxygens (including phenoxy) is 2. The standard InChI is InChI=1S/C26H25N3O5S.C2HF3O2/c1-33-22-5-3-17-4-6-23(13-19(17)12-22)35(31,32)29-26(8-10-28-25(26)30)15-20-11-21-16-27-9-7-18(21)14-24(20)34-2;3-2(4,5)1(6)7/h3-7,9,11-14,16,29H,8,10,15H2,1-2H3,(H,28,30);(H,6,7)/t26-;/m1./s1. The van der Waals surface area contributed by atoms with Crippen molar-refractivity contribution in [2.24, 2.45) is 0 Å². The van der Waals surface area contributed by atoms with Crippen molar-refractivity contribution in [3.8, 4) is 11.5 Å². The van der Waals surface area contributed by atoms with Crippen molar-refractivity contribution in [2.45, 2.75) is 29.5 Å². The van der Waals surface area contributed by atoms with Gasteiger partial charge >= 0.3 is 12.1 Å². The van der Waals surface area contributed by atoms with Gasteiger partial charge in [-0.15, -0.1) is 0 Å². The highest BCUT2D eigenvalue weighted by molar-refractivity contribution is 7.89. The van der Waals surface area contributed by atoms with E-state index >= 15 is 0 Å². The van der Waals surface area contributed by atoms with E-state index in [0.29, 0.717) is 24.5 Å². The lowest BCUT2D eigenvalue weighted by Gasteiger charge is -2.28. The molecule has 2 heterocycles. The molecule has 0 unspecified atom stereocenters. The topological polar surface area (TPSA) is 144 Å². The molecule has 0 radical (unpaired) electrons. The molecule has 1 fully saturated rings. The largest absolute Gasteiger partial charge is 0.497 e. The number of alkyl halides is 3. The van der Waals surface area contributed by atoms with Gasteiger partial charge in [0, 0.05) is 30.7 Å². The summed E-state index contributed by atoms with van der Waals surface area (Å²) in [6.07, 6.45) is -1.22. The van der Waals surface area contributed by atoms with Crippen molar-refractivity contribution in [1.82, 2.24) is 15.0 Å². The molecule has 0 saturated carbocycles. The molecule has 1 aromatic heterocycles. The molecule has 3 aromatic carbocycles. The lowest BCUT2D eigenvalue weighted by Crippen LogP contribution is -2.55. The van der Waals surface area contributed by atoms with E-state index in [2.05, 4.69) is 15.0 Å². The quantitative estimate of drug-likeness (QED) is 0.289. The van der Waals surface area contributed by atoms with Crippen molar-refractivity contribution in [3.05, 3.63) is 72.6 Å². The average Bonchev–Trinajstić information content (AvgIpc) is 3.29. The van der Waals surface area contributed by atoms with Crippen LogP contribution in [0.25, 0.3) is 21.5 Å². The van der Waals surface area contributed by atoms with Gasteiger partial charge in [-0.05, 0) is 70.6 Å². The van der Waals surface area contributed by atoms with Crippen LogP contribution in [0.2, 0.25) is 0 Å². The minimum absolute atomic E-state index is 0.0759. The minimum Gasteiger partial charge on any atom is -0.497 e. The Morgan fingerprint density at radius 1 is 1.02 bits per heavy atom. The molecule has 4 aromatic rings. The highest BCUT2D eigenvalue weighted by atomic mass is 32.2. The van der Waals surface area contributed by atoms with E-state index in [0.717, 1.165) is 27.1 Å². The van der Waals surface area contributed by atoms with Crippen LogP contribution in [0.3, 0.4) is 0 Å². The van der Waals surface area contributed by atoms with Gasteiger partial charge in [0.2, 0.25) is 15.9 Å². The number of amides is 1. The summed E-state index contributed by atoms with van der Waals surface area (Å²) in [5.74, 6) is -1.91. The smallest absolute Gasteiger partial charge is 0.490 e. The van der Waals surface area contributed by atoms with Gasteiger partial charge in [-0.25, -0.2) is 13.2 Å². The van der Waals surface area contributed by atoms with Crippen molar-refractivity contribution < 1.29 is 45.8 Å². The van der Waals surface area contributed by atoms with E-state index in [1.54, 1.807) is 50.9 Å². The van der Waals surface area contributed by atoms with E-state index in [4.69, 9.17) is 19.4 Å². The number of hydrogen-bond acceptors (Lipinski definition) is 7. The highest BCUT2D eigenvalue weighted by Crippen LogP contribution is 2.33. The minimum atomic E-state index is -5.08. The number of methoxy groups -OCH3 is 2. The summed E-state index contributed by atoms with van der Waals surface area (Å²) in [5, 5.41) is 13.3. The van der Waals surface area contributed by atoms with Crippen molar-refractivity contribution in [3.63, 3.8) is 0 Å². The molecule has 1 amide bonds. The zero-order valence-corrected chi connectivity index (χ0v) is 23.2. The van der Waals surface area contributed by atoms with Crippen molar-refractivity contribution >= 4 is 43.4 Å². The zero-order chi connectivity index (χ0) is 30.7. The summed E-state index contributed by atoms with van der Waals surface area (Å²) in [4.78, 5) is 26.2. The van der Waals surface area contributed by atoms with Crippen LogP contribution in [0.4, 0.5) is 13.2 Å². The van der Waals surface area contributed by atoms with E-state index in [-0.39, 0.29) is 17.2 Å². The summed E-state index contributed by atoms with van der Waals surface area (Å²) in [6.45, 7) is 0.369. The summed E-state index contributed by atoms with van der Waals surface area (Å²) >= 11 is 0. The Labute approximate surface area is 238 Å². The molecular formula is C28H26F3N3O7S. The van der Waals surface area contributed by atoms with Gasteiger partial charge in [0.1, 0.15) is 17.0 Å². The normalized spacial score (nSPS) is 16.9. The SMILES string of the molecule is COc1ccc2ccc(S(=O)(=O)N[C@@]3(Cc4cc5cnccc5cc4OC)CCNC3=O)cc2c1.O=C(O)C(F)(F)F. The third-order valence-corrected chi connectivity index (χ3v) is 8.24. The van der Waals surface area contributed by atoms with Crippen LogP contribution in [-0.4, -0.2) is 62.9 Å². The highest BCUT2D eigenvalue weighted by Gasteiger charge is 2.46. The number of halogens is 3. The number of aromatic nitrogens is 1. The second-order valence-electron chi connectivity index (χ2n) is 9.43. The molecule has 3 N–H and O–H groups in total. The number of pyridine rings is 1. The van der Waals surface area contributed by atoms with Gasteiger partial charge in [-0.3, -0.25) is 9.78 Å². The van der Waals surface area contributed by atoms with Crippen LogP contribution < -0.4 is 19.5 Å². The second-order valence-corrected chi connectivity index (χ2v) is 11.1. The third-order valence-electron chi connectivity index (χ3n) is 6.71. The molecule has 14 heteroatoms. The first-order valence-electron chi connectivity index (χ1n) is 12.4. The predicted octanol–water partition coefficient (Wildman–Crippen LogP) is 3.82. The Morgan fingerprint density at radius 2 is 1.74 bits per heavy atom. The number of fused-ring (bicyclic) bond motifs is 2. The zero-order valence-electron chi connectivity index (χ0n) is 22.4. The molecule has 1 aliphatic rings. The number of carbonyl (C=O) groups excluding carboxylic acids is 1. The van der Waals surface area contributed by atoms with Crippen molar-refractivity contribution in [2.75, 3.05) is 20.8 Å². The number of hydrogen-bond donors (Lipinski definition) is 3. The first kappa shape index (κ1) is 30.5. The van der Waals surface area contributed by atoms with Gasteiger partial charge in [-0.2, -0.15) is 17.9 Å². The molecule has 10 nitrogen and oxygen atoms in total. The number of carboxylic acid groups (broad SMARTS) is 1. The number of nitrogens with zero attached hydrogens (tertiary/aromatic N) is 1. The number of benzene rings is 3.